The van der Waals surface area contributed by atoms with E-state index in [2.05, 4.69) is 10.8 Å². The number of rotatable bonds is 3. The molecule has 0 atom stereocenters. The van der Waals surface area contributed by atoms with Crippen molar-refractivity contribution in [2.45, 2.75) is 90.5 Å². The largest absolute Gasteiger partial charge is 0.444 e. The number of carbonyl (C=O) groups is 1. The maximum atomic E-state index is 11.7. The Labute approximate surface area is 122 Å². The second kappa shape index (κ2) is 6.76. The van der Waals surface area contributed by atoms with Crippen molar-refractivity contribution in [2.24, 2.45) is 0 Å². The van der Waals surface area contributed by atoms with Gasteiger partial charge in [0.25, 0.3) is 0 Å². The summed E-state index contributed by atoms with van der Waals surface area (Å²) in [5.41, 5.74) is 2.51. The second-order valence-corrected chi connectivity index (χ2v) is 7.53. The normalized spacial score (nSPS) is 24.3. The first-order valence-corrected chi connectivity index (χ1v) is 7.48. The summed E-state index contributed by atoms with van der Waals surface area (Å²) in [5, 5.41) is 2.94. The monoisotopic (exact) mass is 286 g/mol. The van der Waals surface area contributed by atoms with Crippen LogP contribution in [0.15, 0.2) is 0 Å². The third-order valence-corrected chi connectivity index (χ3v) is 2.98. The predicted octanol–water partition coefficient (Wildman–Crippen LogP) is 3.14. The lowest BCUT2D eigenvalue weighted by Gasteiger charge is -2.32. The van der Waals surface area contributed by atoms with Crippen molar-refractivity contribution in [2.75, 3.05) is 0 Å². The molecule has 0 aromatic heterocycles. The average molecular weight is 286 g/mol. The van der Waals surface area contributed by atoms with E-state index in [-0.39, 0.29) is 17.7 Å². The minimum Gasteiger partial charge on any atom is -0.444 e. The highest BCUT2D eigenvalue weighted by atomic mass is 16.7. The Hall–Kier alpha value is -0.810. The van der Waals surface area contributed by atoms with Crippen molar-refractivity contribution in [3.05, 3.63) is 0 Å². The summed E-state index contributed by atoms with van der Waals surface area (Å²) in [7, 11) is 0. The van der Waals surface area contributed by atoms with Gasteiger partial charge in [-0.15, -0.1) is 0 Å². The number of amides is 1. The molecule has 2 N–H and O–H groups in total. The first-order valence-electron chi connectivity index (χ1n) is 7.48. The van der Waals surface area contributed by atoms with Crippen LogP contribution in [-0.2, 0) is 9.57 Å². The van der Waals surface area contributed by atoms with E-state index in [1.807, 2.05) is 41.5 Å². The highest BCUT2D eigenvalue weighted by Gasteiger charge is 2.25. The Kier molecular flexibility index (Phi) is 5.83. The average Bonchev–Trinajstić information content (AvgIpc) is 2.24. The summed E-state index contributed by atoms with van der Waals surface area (Å²) in [6.45, 7) is 11.7. The number of hydrogen-bond acceptors (Lipinski definition) is 4. The Morgan fingerprint density at radius 2 is 1.40 bits per heavy atom. The fourth-order valence-electron chi connectivity index (χ4n) is 2.09. The van der Waals surface area contributed by atoms with Crippen LogP contribution in [0.1, 0.15) is 67.2 Å². The molecule has 5 heteroatoms. The van der Waals surface area contributed by atoms with Gasteiger partial charge in [-0.1, -0.05) is 0 Å². The fraction of sp³-hybridized carbons (Fsp3) is 0.933. The van der Waals surface area contributed by atoms with E-state index < -0.39 is 5.60 Å². The molecule has 0 saturated heterocycles. The Morgan fingerprint density at radius 3 is 1.85 bits per heavy atom. The summed E-state index contributed by atoms with van der Waals surface area (Å²) < 4.78 is 5.27. The standard InChI is InChI=1S/C15H30N2O3/c1-14(2,3)19-13(18)16-11-7-9-12(10-8-11)17-20-15(4,5)6/h11-12,17H,7-10H2,1-6H3,(H,16,18). The molecule has 118 valence electrons. The SMILES string of the molecule is CC(C)(C)ONC1CCC(NC(=O)OC(C)(C)C)CC1. The second-order valence-electron chi connectivity index (χ2n) is 7.53. The summed E-state index contributed by atoms with van der Waals surface area (Å²) in [6.07, 6.45) is 3.57. The van der Waals surface area contributed by atoms with E-state index in [1.54, 1.807) is 0 Å². The molecule has 20 heavy (non-hydrogen) atoms. The van der Waals surface area contributed by atoms with Crippen molar-refractivity contribution < 1.29 is 14.4 Å². The molecule has 0 aliphatic heterocycles. The summed E-state index contributed by atoms with van der Waals surface area (Å²) in [5.74, 6) is 0. The molecule has 0 spiro atoms. The van der Waals surface area contributed by atoms with Crippen LogP contribution in [-0.4, -0.2) is 29.4 Å². The molecule has 0 unspecified atom stereocenters. The number of nitrogens with one attached hydrogen (secondary N) is 2. The molecule has 0 aromatic rings. The van der Waals surface area contributed by atoms with Gasteiger partial charge in [-0.2, -0.15) is 5.48 Å². The summed E-state index contributed by atoms with van der Waals surface area (Å²) >= 11 is 0. The minimum atomic E-state index is -0.441. The zero-order valence-corrected chi connectivity index (χ0v) is 13.7. The van der Waals surface area contributed by atoms with Gasteiger partial charge in [-0.3, -0.25) is 4.84 Å². The number of hydrogen-bond donors (Lipinski definition) is 2. The lowest BCUT2D eigenvalue weighted by molar-refractivity contribution is -0.0933. The van der Waals surface area contributed by atoms with Crippen molar-refractivity contribution in [3.63, 3.8) is 0 Å². The fourth-order valence-corrected chi connectivity index (χ4v) is 2.09. The van der Waals surface area contributed by atoms with Gasteiger partial charge < -0.3 is 10.1 Å². The van der Waals surface area contributed by atoms with Crippen LogP contribution in [0.3, 0.4) is 0 Å². The molecule has 1 saturated carbocycles. The summed E-state index contributed by atoms with van der Waals surface area (Å²) in [6, 6.07) is 0.573. The van der Waals surface area contributed by atoms with E-state index in [4.69, 9.17) is 9.57 Å². The zero-order valence-electron chi connectivity index (χ0n) is 13.7. The maximum absolute atomic E-state index is 11.7. The maximum Gasteiger partial charge on any atom is 0.407 e. The predicted molar refractivity (Wildman–Crippen MR) is 79.4 cm³/mol. The topological polar surface area (TPSA) is 59.6 Å². The first-order chi connectivity index (χ1) is 9.05. The molecule has 0 radical (unpaired) electrons. The van der Waals surface area contributed by atoms with Crippen LogP contribution in [0.25, 0.3) is 0 Å². The number of hydroxylamine groups is 1. The third-order valence-electron chi connectivity index (χ3n) is 2.98. The van der Waals surface area contributed by atoms with Crippen LogP contribution in [0.5, 0.6) is 0 Å². The molecule has 0 aromatic carbocycles. The van der Waals surface area contributed by atoms with Crippen LogP contribution in [0.4, 0.5) is 4.79 Å². The molecular formula is C15H30N2O3. The van der Waals surface area contributed by atoms with E-state index in [9.17, 15) is 4.79 Å². The molecule has 1 amide bonds. The minimum absolute atomic E-state index is 0.175. The summed E-state index contributed by atoms with van der Waals surface area (Å²) in [4.78, 5) is 17.3. The van der Waals surface area contributed by atoms with Crippen LogP contribution < -0.4 is 10.8 Å². The molecule has 5 nitrogen and oxygen atoms in total. The van der Waals surface area contributed by atoms with Crippen molar-refractivity contribution in [1.29, 1.82) is 0 Å². The van der Waals surface area contributed by atoms with Gasteiger partial charge >= 0.3 is 6.09 Å². The van der Waals surface area contributed by atoms with Crippen LogP contribution in [0, 0.1) is 0 Å². The van der Waals surface area contributed by atoms with Crippen molar-refractivity contribution in [3.8, 4) is 0 Å². The quantitative estimate of drug-likeness (QED) is 0.783. The lowest BCUT2D eigenvalue weighted by atomic mass is 9.92. The third kappa shape index (κ3) is 7.70. The van der Waals surface area contributed by atoms with Crippen LogP contribution >= 0.6 is 0 Å². The van der Waals surface area contributed by atoms with Crippen molar-refractivity contribution in [1.82, 2.24) is 10.8 Å². The first kappa shape index (κ1) is 17.2. The molecule has 0 heterocycles. The number of ether oxygens (including phenoxy) is 1. The zero-order chi connectivity index (χ0) is 15.4. The molecule has 1 rings (SSSR count). The molecule has 1 fully saturated rings. The van der Waals surface area contributed by atoms with E-state index in [0.29, 0.717) is 6.04 Å². The van der Waals surface area contributed by atoms with E-state index in [0.717, 1.165) is 25.7 Å². The number of carbonyl (C=O) groups excluding carboxylic acids is 1. The lowest BCUT2D eigenvalue weighted by Crippen LogP contribution is -2.45. The number of alkyl carbamates (subject to hydrolysis) is 1. The van der Waals surface area contributed by atoms with Gasteiger partial charge in [0.2, 0.25) is 0 Å². The smallest absolute Gasteiger partial charge is 0.407 e. The van der Waals surface area contributed by atoms with Gasteiger partial charge in [-0.05, 0) is 67.2 Å². The molecular weight excluding hydrogens is 256 g/mol. The van der Waals surface area contributed by atoms with Gasteiger partial charge in [-0.25, -0.2) is 4.79 Å². The molecule has 1 aliphatic carbocycles. The van der Waals surface area contributed by atoms with E-state index in [1.165, 1.54) is 0 Å². The van der Waals surface area contributed by atoms with Gasteiger partial charge in [0, 0.05) is 12.1 Å². The Balaban J connectivity index is 2.24. The Morgan fingerprint density at radius 1 is 0.900 bits per heavy atom. The Bertz CT molecular complexity index is 310. The van der Waals surface area contributed by atoms with E-state index >= 15 is 0 Å². The highest BCUT2D eigenvalue weighted by molar-refractivity contribution is 5.68. The van der Waals surface area contributed by atoms with Gasteiger partial charge in [0.1, 0.15) is 5.60 Å². The molecule has 1 aliphatic rings. The molecule has 0 bridgehead atoms. The van der Waals surface area contributed by atoms with Gasteiger partial charge in [0.05, 0.1) is 5.60 Å². The van der Waals surface area contributed by atoms with Crippen molar-refractivity contribution >= 4 is 6.09 Å². The highest BCUT2D eigenvalue weighted by Crippen LogP contribution is 2.20. The van der Waals surface area contributed by atoms with Gasteiger partial charge in [0.15, 0.2) is 0 Å². The van der Waals surface area contributed by atoms with Crippen LogP contribution in [0.2, 0.25) is 0 Å².